The highest BCUT2D eigenvalue weighted by Gasteiger charge is 2.19. The number of benzene rings is 1. The van der Waals surface area contributed by atoms with Gasteiger partial charge in [-0.05, 0) is 38.4 Å². The summed E-state index contributed by atoms with van der Waals surface area (Å²) in [5, 5.41) is 3.97. The zero-order valence-corrected chi connectivity index (χ0v) is 13.7. The smallest absolute Gasteiger partial charge is 0.244 e. The zero-order valence-electron chi connectivity index (χ0n) is 13.7. The van der Waals surface area contributed by atoms with E-state index in [1.807, 2.05) is 49.3 Å². The summed E-state index contributed by atoms with van der Waals surface area (Å²) in [5.74, 6) is 0.680. The first-order valence-corrected chi connectivity index (χ1v) is 7.76. The van der Waals surface area contributed by atoms with Gasteiger partial charge in [-0.25, -0.2) is 0 Å². The lowest BCUT2D eigenvalue weighted by atomic mass is 10.2. The Kier molecular flexibility index (Phi) is 4.82. The normalized spacial score (nSPS) is 13.0. The Morgan fingerprint density at radius 1 is 1.29 bits per heavy atom. The third-order valence-electron chi connectivity index (χ3n) is 3.84. The molecule has 0 spiro atoms. The van der Waals surface area contributed by atoms with Crippen LogP contribution in [0.15, 0.2) is 63.8 Å². The first-order valence-electron chi connectivity index (χ1n) is 7.76. The van der Waals surface area contributed by atoms with Crippen LogP contribution in [0.4, 0.5) is 0 Å². The summed E-state index contributed by atoms with van der Waals surface area (Å²) in [6, 6.07) is 11.7. The summed E-state index contributed by atoms with van der Waals surface area (Å²) in [6.07, 6.45) is 6.36. The van der Waals surface area contributed by atoms with E-state index in [1.165, 1.54) is 6.08 Å². The van der Waals surface area contributed by atoms with Crippen molar-refractivity contribution in [3.8, 4) is 0 Å². The highest BCUT2D eigenvalue weighted by Crippen LogP contribution is 2.25. The molecule has 0 fully saturated rings. The SMILES string of the molecule is CN(C)C(CNC(=O)C=Cc1ccoc1)c1cc2ccccc2o1. The molecule has 124 valence electrons. The molecule has 1 atom stereocenters. The highest BCUT2D eigenvalue weighted by atomic mass is 16.3. The van der Waals surface area contributed by atoms with Crippen molar-refractivity contribution in [3.63, 3.8) is 0 Å². The van der Waals surface area contributed by atoms with Crippen LogP contribution in [-0.4, -0.2) is 31.4 Å². The zero-order chi connectivity index (χ0) is 16.9. The van der Waals surface area contributed by atoms with E-state index in [2.05, 4.69) is 5.32 Å². The van der Waals surface area contributed by atoms with Crippen molar-refractivity contribution in [2.45, 2.75) is 6.04 Å². The quantitative estimate of drug-likeness (QED) is 0.706. The van der Waals surface area contributed by atoms with Gasteiger partial charge < -0.3 is 14.2 Å². The Morgan fingerprint density at radius 2 is 2.12 bits per heavy atom. The second-order valence-electron chi connectivity index (χ2n) is 5.80. The highest BCUT2D eigenvalue weighted by molar-refractivity contribution is 5.91. The summed E-state index contributed by atoms with van der Waals surface area (Å²) in [6.45, 7) is 0.460. The summed E-state index contributed by atoms with van der Waals surface area (Å²) in [5.41, 5.74) is 1.71. The van der Waals surface area contributed by atoms with Gasteiger partial charge in [0, 0.05) is 23.6 Å². The number of amides is 1. The van der Waals surface area contributed by atoms with Crippen molar-refractivity contribution in [2.75, 3.05) is 20.6 Å². The summed E-state index contributed by atoms with van der Waals surface area (Å²) in [7, 11) is 3.93. The second kappa shape index (κ2) is 7.19. The average molecular weight is 324 g/mol. The molecule has 0 bridgehead atoms. The van der Waals surface area contributed by atoms with E-state index in [0.717, 1.165) is 22.3 Å². The van der Waals surface area contributed by atoms with Gasteiger partial charge in [0.15, 0.2) is 0 Å². The van der Waals surface area contributed by atoms with E-state index < -0.39 is 0 Å². The minimum absolute atomic E-state index is 0.0383. The van der Waals surface area contributed by atoms with Crippen LogP contribution in [-0.2, 0) is 4.79 Å². The molecule has 3 rings (SSSR count). The maximum atomic E-state index is 12.0. The number of furan rings is 2. The lowest BCUT2D eigenvalue weighted by molar-refractivity contribution is -0.116. The van der Waals surface area contributed by atoms with Gasteiger partial charge in [0.05, 0.1) is 18.6 Å². The van der Waals surface area contributed by atoms with Crippen molar-refractivity contribution in [1.29, 1.82) is 0 Å². The van der Waals surface area contributed by atoms with Gasteiger partial charge >= 0.3 is 0 Å². The maximum Gasteiger partial charge on any atom is 0.244 e. The van der Waals surface area contributed by atoms with Crippen LogP contribution < -0.4 is 5.32 Å². The molecule has 3 aromatic rings. The molecular formula is C19H20N2O3. The Hall–Kier alpha value is -2.79. The Bertz CT molecular complexity index is 798. The fourth-order valence-corrected chi connectivity index (χ4v) is 2.50. The third kappa shape index (κ3) is 3.75. The lowest BCUT2D eigenvalue weighted by Gasteiger charge is -2.22. The predicted octanol–water partition coefficient (Wildman–Crippen LogP) is 3.46. The standard InChI is InChI=1S/C19H20N2O3/c1-21(2)16(18-11-15-5-3-4-6-17(15)24-18)12-20-19(22)8-7-14-9-10-23-13-14/h3-11,13,16H,12H2,1-2H3,(H,20,22). The van der Waals surface area contributed by atoms with E-state index in [0.29, 0.717) is 6.54 Å². The van der Waals surface area contributed by atoms with Gasteiger partial charge in [0.25, 0.3) is 0 Å². The fraction of sp³-hybridized carbons (Fsp3) is 0.211. The second-order valence-corrected chi connectivity index (χ2v) is 5.80. The Balaban J connectivity index is 1.67. The number of carbonyl (C=O) groups excluding carboxylic acids is 1. The van der Waals surface area contributed by atoms with Gasteiger partial charge in [-0.2, -0.15) is 0 Å². The topological polar surface area (TPSA) is 58.6 Å². The molecule has 0 saturated heterocycles. The van der Waals surface area contributed by atoms with Gasteiger partial charge in [-0.15, -0.1) is 0 Å². The molecule has 0 radical (unpaired) electrons. The van der Waals surface area contributed by atoms with Crippen LogP contribution in [0, 0.1) is 0 Å². The molecule has 5 nitrogen and oxygen atoms in total. The van der Waals surface area contributed by atoms with E-state index in [1.54, 1.807) is 24.7 Å². The number of hydrogen-bond donors (Lipinski definition) is 1. The summed E-state index contributed by atoms with van der Waals surface area (Å²) >= 11 is 0. The molecule has 1 aromatic carbocycles. The number of rotatable bonds is 6. The molecule has 0 aliphatic carbocycles. The molecule has 5 heteroatoms. The van der Waals surface area contributed by atoms with Gasteiger partial charge in [0.2, 0.25) is 5.91 Å². The first-order chi connectivity index (χ1) is 11.6. The van der Waals surface area contributed by atoms with E-state index >= 15 is 0 Å². The van der Waals surface area contributed by atoms with Crippen LogP contribution in [0.25, 0.3) is 17.0 Å². The number of nitrogens with zero attached hydrogens (tertiary/aromatic N) is 1. The van der Waals surface area contributed by atoms with Gasteiger partial charge in [0.1, 0.15) is 11.3 Å². The number of hydrogen-bond acceptors (Lipinski definition) is 4. The molecule has 2 heterocycles. The molecular weight excluding hydrogens is 304 g/mol. The van der Waals surface area contributed by atoms with Gasteiger partial charge in [-0.3, -0.25) is 9.69 Å². The average Bonchev–Trinajstić information content (AvgIpc) is 3.22. The number of fused-ring (bicyclic) bond motifs is 1. The largest absolute Gasteiger partial charge is 0.472 e. The van der Waals surface area contributed by atoms with Crippen LogP contribution in [0.1, 0.15) is 17.4 Å². The van der Waals surface area contributed by atoms with Crippen LogP contribution in [0.2, 0.25) is 0 Å². The Morgan fingerprint density at radius 3 is 2.83 bits per heavy atom. The monoisotopic (exact) mass is 324 g/mol. The molecule has 2 aromatic heterocycles. The van der Waals surface area contributed by atoms with E-state index in [4.69, 9.17) is 8.83 Å². The third-order valence-corrected chi connectivity index (χ3v) is 3.84. The van der Waals surface area contributed by atoms with E-state index in [9.17, 15) is 4.79 Å². The molecule has 0 aliphatic heterocycles. The number of likely N-dealkylation sites (N-methyl/N-ethyl adjacent to an activating group) is 1. The molecule has 1 unspecified atom stereocenters. The summed E-state index contributed by atoms with van der Waals surface area (Å²) in [4.78, 5) is 14.0. The van der Waals surface area contributed by atoms with E-state index in [-0.39, 0.29) is 11.9 Å². The van der Waals surface area contributed by atoms with Gasteiger partial charge in [-0.1, -0.05) is 18.2 Å². The van der Waals surface area contributed by atoms with Crippen molar-refractivity contribution in [3.05, 3.63) is 66.3 Å². The lowest BCUT2D eigenvalue weighted by Crippen LogP contribution is -2.33. The van der Waals surface area contributed by atoms with Crippen molar-refractivity contribution >= 4 is 23.0 Å². The fourth-order valence-electron chi connectivity index (χ4n) is 2.50. The van der Waals surface area contributed by atoms with Crippen molar-refractivity contribution in [2.24, 2.45) is 0 Å². The molecule has 1 N–H and O–H groups in total. The number of carbonyl (C=O) groups is 1. The summed E-state index contributed by atoms with van der Waals surface area (Å²) < 4.78 is 10.9. The number of para-hydroxylation sites is 1. The molecule has 1 amide bonds. The minimum atomic E-state index is -0.154. The van der Waals surface area contributed by atoms with Crippen LogP contribution in [0.3, 0.4) is 0 Å². The molecule has 24 heavy (non-hydrogen) atoms. The number of nitrogens with one attached hydrogen (secondary N) is 1. The predicted molar refractivity (Wildman–Crippen MR) is 93.4 cm³/mol. The van der Waals surface area contributed by atoms with Crippen molar-refractivity contribution in [1.82, 2.24) is 10.2 Å². The van der Waals surface area contributed by atoms with Crippen LogP contribution >= 0.6 is 0 Å². The maximum absolute atomic E-state index is 12.0. The molecule has 0 aliphatic rings. The van der Waals surface area contributed by atoms with Crippen molar-refractivity contribution < 1.29 is 13.6 Å². The minimum Gasteiger partial charge on any atom is -0.472 e. The first kappa shape index (κ1) is 16.1. The Labute approximate surface area is 140 Å². The molecule has 0 saturated carbocycles. The van der Waals surface area contributed by atoms with Crippen LogP contribution in [0.5, 0.6) is 0 Å².